The van der Waals surface area contributed by atoms with Crippen LogP contribution in [-0.4, -0.2) is 66.8 Å². The summed E-state index contributed by atoms with van der Waals surface area (Å²) < 4.78 is 1.45. The summed E-state index contributed by atoms with van der Waals surface area (Å²) in [4.78, 5) is 37.1. The lowest BCUT2D eigenvalue weighted by Gasteiger charge is -2.61. The van der Waals surface area contributed by atoms with Gasteiger partial charge in [-0.25, -0.2) is 9.97 Å². The number of aliphatic hydroxyl groups excluding tert-OH is 1. The van der Waals surface area contributed by atoms with Crippen LogP contribution in [0.15, 0.2) is 11.0 Å². The number of piperidine rings is 1. The van der Waals surface area contributed by atoms with Crippen LogP contribution in [0.25, 0.3) is 11.2 Å². The number of fused-ring (bicyclic) bond motifs is 1. The van der Waals surface area contributed by atoms with Gasteiger partial charge in [0.15, 0.2) is 11.4 Å². The molecule has 1 saturated heterocycles. The smallest absolute Gasteiger partial charge is 0.269 e. The summed E-state index contributed by atoms with van der Waals surface area (Å²) in [6, 6.07) is 0. The van der Waals surface area contributed by atoms with Crippen molar-refractivity contribution in [2.24, 2.45) is 5.92 Å². The molecule has 0 spiro atoms. The fourth-order valence-electron chi connectivity index (χ4n) is 5.01. The quantitative estimate of drug-likeness (QED) is 0.654. The van der Waals surface area contributed by atoms with E-state index in [-0.39, 0.29) is 28.4 Å². The summed E-state index contributed by atoms with van der Waals surface area (Å²) in [6.45, 7) is 4.19. The molecular formula is C21H27N5O4. The maximum Gasteiger partial charge on any atom is 0.269 e. The Hall–Kier alpha value is -2.52. The lowest BCUT2D eigenvalue weighted by molar-refractivity contribution is -0.0439. The van der Waals surface area contributed by atoms with Gasteiger partial charge in [0, 0.05) is 31.7 Å². The molecule has 3 aliphatic carbocycles. The summed E-state index contributed by atoms with van der Waals surface area (Å²) in [5, 5.41) is 23.5. The Bertz CT molecular complexity index is 1060. The third kappa shape index (κ3) is 3.16. The number of carbonyl (C=O) groups excluding carboxylic acids is 1. The number of nitrogens with one attached hydrogen (secondary N) is 1. The largest absolute Gasteiger partial charge is 0.505 e. The molecule has 30 heavy (non-hydrogen) atoms. The average Bonchev–Trinajstić information content (AvgIpc) is 2.65. The van der Waals surface area contributed by atoms with Gasteiger partial charge in [-0.05, 0) is 44.9 Å². The van der Waals surface area contributed by atoms with Crippen LogP contribution in [0.3, 0.4) is 0 Å². The van der Waals surface area contributed by atoms with Gasteiger partial charge < -0.3 is 20.4 Å². The fraction of sp³-hybridized carbons (Fsp3) is 0.619. The van der Waals surface area contributed by atoms with Crippen LogP contribution in [-0.2, 0) is 6.54 Å². The Morgan fingerprint density at radius 1 is 1.27 bits per heavy atom. The zero-order valence-corrected chi connectivity index (χ0v) is 17.1. The summed E-state index contributed by atoms with van der Waals surface area (Å²) in [5.41, 5.74) is 0.0563. The highest BCUT2D eigenvalue weighted by atomic mass is 16.3. The number of aromatic nitrogens is 3. The van der Waals surface area contributed by atoms with Crippen LogP contribution in [0.5, 0.6) is 5.75 Å². The third-order valence-electron chi connectivity index (χ3n) is 6.89. The molecule has 3 N–H and O–H groups in total. The predicted molar refractivity (Wildman–Crippen MR) is 109 cm³/mol. The molecule has 3 saturated carbocycles. The number of aliphatic hydroxyl groups is 1. The van der Waals surface area contributed by atoms with E-state index in [9.17, 15) is 19.8 Å². The first-order valence-corrected chi connectivity index (χ1v) is 10.7. The van der Waals surface area contributed by atoms with E-state index in [1.54, 1.807) is 13.1 Å². The second-order valence-corrected chi connectivity index (χ2v) is 9.15. The molecule has 1 amide bonds. The minimum Gasteiger partial charge on any atom is -0.505 e. The molecular weight excluding hydrogens is 386 g/mol. The number of aryl methyl sites for hydroxylation is 1. The van der Waals surface area contributed by atoms with E-state index in [0.717, 1.165) is 32.4 Å². The van der Waals surface area contributed by atoms with Gasteiger partial charge in [-0.3, -0.25) is 14.2 Å². The standard InChI is InChI=1S/C21H27N5O4/c1-12-11-22-18-16(23-12)17(28)15(19(29)24-21-8-13(9-21)10-21)20(30)26(18)7-6-25-4-2-14(27)3-5-25/h11,13-14,27-28H,2-10H2,1H3,(H,24,29). The predicted octanol–water partition coefficient (Wildman–Crippen LogP) is 0.545. The van der Waals surface area contributed by atoms with E-state index in [0.29, 0.717) is 37.5 Å². The van der Waals surface area contributed by atoms with Gasteiger partial charge in [0.1, 0.15) is 11.1 Å². The van der Waals surface area contributed by atoms with Crippen molar-refractivity contribution in [3.05, 3.63) is 27.8 Å². The first-order valence-electron chi connectivity index (χ1n) is 10.7. The van der Waals surface area contributed by atoms with Crippen molar-refractivity contribution >= 4 is 17.1 Å². The lowest BCUT2D eigenvalue weighted by atomic mass is 9.50. The highest BCUT2D eigenvalue weighted by Crippen LogP contribution is 2.57. The topological polar surface area (TPSA) is 121 Å². The first kappa shape index (κ1) is 19.4. The van der Waals surface area contributed by atoms with E-state index >= 15 is 0 Å². The number of likely N-dealkylation sites (tertiary alicyclic amines) is 1. The molecule has 4 fully saturated rings. The highest BCUT2D eigenvalue weighted by molar-refractivity contribution is 6.01. The Balaban J connectivity index is 1.49. The van der Waals surface area contributed by atoms with Crippen molar-refractivity contribution in [3.8, 4) is 5.75 Å². The van der Waals surface area contributed by atoms with Gasteiger partial charge in [-0.15, -0.1) is 0 Å². The Labute approximate surface area is 173 Å². The zero-order valence-electron chi connectivity index (χ0n) is 17.1. The molecule has 2 aromatic heterocycles. The number of rotatable bonds is 5. The van der Waals surface area contributed by atoms with Gasteiger partial charge in [-0.1, -0.05) is 0 Å². The number of hydrogen-bond donors (Lipinski definition) is 3. The first-order chi connectivity index (χ1) is 14.3. The van der Waals surface area contributed by atoms with Crippen molar-refractivity contribution in [2.75, 3.05) is 19.6 Å². The number of nitrogens with zero attached hydrogens (tertiary/aromatic N) is 4. The molecule has 2 aromatic rings. The van der Waals surface area contributed by atoms with Crippen molar-refractivity contribution in [1.82, 2.24) is 24.8 Å². The van der Waals surface area contributed by atoms with Crippen LogP contribution in [0.4, 0.5) is 0 Å². The number of hydrogen-bond acceptors (Lipinski definition) is 7. The van der Waals surface area contributed by atoms with E-state index in [2.05, 4.69) is 20.2 Å². The molecule has 0 radical (unpaired) electrons. The monoisotopic (exact) mass is 413 g/mol. The Morgan fingerprint density at radius 2 is 1.97 bits per heavy atom. The number of aromatic hydroxyl groups is 1. The summed E-state index contributed by atoms with van der Waals surface area (Å²) >= 11 is 0. The van der Waals surface area contributed by atoms with Crippen molar-refractivity contribution in [1.29, 1.82) is 0 Å². The van der Waals surface area contributed by atoms with Crippen molar-refractivity contribution in [2.45, 2.75) is 57.2 Å². The van der Waals surface area contributed by atoms with Crippen LogP contribution in [0.2, 0.25) is 0 Å². The second kappa shape index (κ2) is 7.02. The molecule has 0 unspecified atom stereocenters. The van der Waals surface area contributed by atoms with Crippen molar-refractivity contribution in [3.63, 3.8) is 0 Å². The van der Waals surface area contributed by atoms with Crippen molar-refractivity contribution < 1.29 is 15.0 Å². The second-order valence-electron chi connectivity index (χ2n) is 9.15. The van der Waals surface area contributed by atoms with E-state index in [4.69, 9.17) is 0 Å². The molecule has 3 heterocycles. The number of carbonyl (C=O) groups is 1. The molecule has 1 aliphatic heterocycles. The Kier molecular flexibility index (Phi) is 4.55. The lowest BCUT2D eigenvalue weighted by Crippen LogP contribution is -2.68. The molecule has 6 rings (SSSR count). The maximum atomic E-state index is 13.3. The molecule has 160 valence electrons. The van der Waals surface area contributed by atoms with E-state index in [1.807, 2.05) is 0 Å². The van der Waals surface area contributed by atoms with Crippen LogP contribution >= 0.6 is 0 Å². The van der Waals surface area contributed by atoms with Gasteiger partial charge in [-0.2, -0.15) is 0 Å². The average molecular weight is 413 g/mol. The van der Waals surface area contributed by atoms with Gasteiger partial charge in [0.25, 0.3) is 11.5 Å². The SMILES string of the molecule is Cc1cnc2c(n1)c(O)c(C(=O)NC13CC(C1)C3)c(=O)n2CCN1CCC(O)CC1. The normalized spacial score (nSPS) is 26.3. The molecule has 0 atom stereocenters. The summed E-state index contributed by atoms with van der Waals surface area (Å²) in [5.74, 6) is -0.243. The molecule has 0 aromatic carbocycles. The van der Waals surface area contributed by atoms with Gasteiger partial charge >= 0.3 is 0 Å². The highest BCUT2D eigenvalue weighted by Gasteiger charge is 2.57. The minimum atomic E-state index is -0.542. The van der Waals surface area contributed by atoms with Gasteiger partial charge in [0.05, 0.1) is 18.0 Å². The minimum absolute atomic E-state index is 0.173. The zero-order chi connectivity index (χ0) is 21.0. The van der Waals surface area contributed by atoms with Crippen LogP contribution < -0.4 is 10.9 Å². The Morgan fingerprint density at radius 3 is 2.60 bits per heavy atom. The van der Waals surface area contributed by atoms with Gasteiger partial charge in [0.2, 0.25) is 0 Å². The van der Waals surface area contributed by atoms with Crippen LogP contribution in [0.1, 0.15) is 48.2 Å². The molecule has 2 bridgehead atoms. The van der Waals surface area contributed by atoms with Crippen LogP contribution in [0, 0.1) is 12.8 Å². The summed E-state index contributed by atoms with van der Waals surface area (Å²) in [6.07, 6.45) is 5.54. The molecule has 4 aliphatic rings. The van der Waals surface area contributed by atoms with E-state index < -0.39 is 17.2 Å². The summed E-state index contributed by atoms with van der Waals surface area (Å²) in [7, 11) is 0. The number of pyridine rings is 1. The molecule has 9 nitrogen and oxygen atoms in total. The third-order valence-corrected chi connectivity index (χ3v) is 6.89. The van der Waals surface area contributed by atoms with E-state index in [1.165, 1.54) is 4.57 Å². The fourth-order valence-corrected chi connectivity index (χ4v) is 5.01. The maximum absolute atomic E-state index is 13.3. The molecule has 9 heteroatoms. The number of amides is 1.